The standard InChI is InChI=1S/C45H31N3O2S/c1-2-9-26(10-3-1)43-46-44(28-18-20-33-31-11-4-6-15-37(31)49-39(33)23-28)48-45(47-43)29-19-22-35-34-21-17-27(24-40(34)51-41(35)25-29)30-13-8-14-36-32-12-5-7-16-38(32)50-42(30)36/h1-25,43-48H. The molecule has 3 atom stereocenters. The fraction of sp³-hybridized carbons (Fsp3) is 0.0667. The van der Waals surface area contributed by atoms with Crippen molar-refractivity contribution in [1.29, 1.82) is 0 Å². The molecule has 11 rings (SSSR count). The molecule has 1 aliphatic rings. The fourth-order valence-corrected chi connectivity index (χ4v) is 9.10. The lowest BCUT2D eigenvalue weighted by Crippen LogP contribution is -2.54. The van der Waals surface area contributed by atoms with Crippen molar-refractivity contribution in [1.82, 2.24) is 16.0 Å². The van der Waals surface area contributed by atoms with E-state index in [1.807, 2.05) is 35.6 Å². The molecule has 1 aliphatic heterocycles. The van der Waals surface area contributed by atoms with E-state index in [0.717, 1.165) is 60.6 Å². The highest BCUT2D eigenvalue weighted by molar-refractivity contribution is 7.25. The van der Waals surface area contributed by atoms with Crippen molar-refractivity contribution in [3.05, 3.63) is 168 Å². The van der Waals surface area contributed by atoms with Crippen LogP contribution in [0.3, 0.4) is 0 Å². The van der Waals surface area contributed by atoms with Gasteiger partial charge in [-0.15, -0.1) is 11.3 Å². The second-order valence-electron chi connectivity index (χ2n) is 13.4. The first kappa shape index (κ1) is 29.0. The van der Waals surface area contributed by atoms with Gasteiger partial charge in [0.2, 0.25) is 0 Å². The second-order valence-corrected chi connectivity index (χ2v) is 14.5. The van der Waals surface area contributed by atoms with Crippen LogP contribution < -0.4 is 16.0 Å². The van der Waals surface area contributed by atoms with Crippen LogP contribution in [0, 0.1) is 0 Å². The summed E-state index contributed by atoms with van der Waals surface area (Å²) >= 11 is 1.84. The Kier molecular flexibility index (Phi) is 6.48. The van der Waals surface area contributed by atoms with E-state index in [-0.39, 0.29) is 18.5 Å². The molecule has 0 saturated carbocycles. The first-order valence-corrected chi connectivity index (χ1v) is 18.2. The van der Waals surface area contributed by atoms with E-state index >= 15 is 0 Å². The molecule has 3 aromatic heterocycles. The summed E-state index contributed by atoms with van der Waals surface area (Å²) < 4.78 is 15.2. The van der Waals surface area contributed by atoms with Gasteiger partial charge in [0.25, 0.3) is 0 Å². The van der Waals surface area contributed by atoms with Crippen molar-refractivity contribution in [2.45, 2.75) is 18.5 Å². The van der Waals surface area contributed by atoms with Gasteiger partial charge in [0.05, 0.1) is 18.5 Å². The van der Waals surface area contributed by atoms with Crippen LogP contribution >= 0.6 is 11.3 Å². The molecule has 1 fully saturated rings. The van der Waals surface area contributed by atoms with E-state index in [1.165, 1.54) is 31.3 Å². The lowest BCUT2D eigenvalue weighted by molar-refractivity contribution is 0.203. The molecule has 51 heavy (non-hydrogen) atoms. The highest BCUT2D eigenvalue weighted by Gasteiger charge is 2.30. The minimum atomic E-state index is -0.110. The number of fused-ring (bicyclic) bond motifs is 9. The molecule has 0 spiro atoms. The van der Waals surface area contributed by atoms with Crippen LogP contribution in [0.2, 0.25) is 0 Å². The van der Waals surface area contributed by atoms with Gasteiger partial charge in [-0.05, 0) is 52.6 Å². The zero-order chi connectivity index (χ0) is 33.5. The molecule has 0 aliphatic carbocycles. The maximum atomic E-state index is 6.39. The van der Waals surface area contributed by atoms with E-state index in [9.17, 15) is 0 Å². The topological polar surface area (TPSA) is 62.4 Å². The maximum Gasteiger partial charge on any atom is 0.143 e. The van der Waals surface area contributed by atoms with Gasteiger partial charge in [-0.2, -0.15) is 0 Å². The van der Waals surface area contributed by atoms with Crippen LogP contribution in [0.5, 0.6) is 0 Å². The van der Waals surface area contributed by atoms with Crippen molar-refractivity contribution in [2.75, 3.05) is 0 Å². The first-order valence-electron chi connectivity index (χ1n) is 17.3. The van der Waals surface area contributed by atoms with Gasteiger partial charge in [0, 0.05) is 47.3 Å². The van der Waals surface area contributed by atoms with Crippen molar-refractivity contribution in [3.63, 3.8) is 0 Å². The third-order valence-corrected chi connectivity index (χ3v) is 11.5. The Morgan fingerprint density at radius 3 is 1.75 bits per heavy atom. The second kappa shape index (κ2) is 11.4. The smallest absolute Gasteiger partial charge is 0.143 e. The average molecular weight is 678 g/mol. The van der Waals surface area contributed by atoms with Gasteiger partial charge in [0.1, 0.15) is 22.3 Å². The number of hydrogen-bond donors (Lipinski definition) is 3. The van der Waals surface area contributed by atoms with Gasteiger partial charge < -0.3 is 8.83 Å². The number of hydrogen-bond acceptors (Lipinski definition) is 6. The van der Waals surface area contributed by atoms with Crippen LogP contribution in [0.15, 0.2) is 160 Å². The van der Waals surface area contributed by atoms with Crippen LogP contribution in [0.4, 0.5) is 0 Å². The normalized spacial score (nSPS) is 18.2. The predicted molar refractivity (Wildman–Crippen MR) is 210 cm³/mol. The van der Waals surface area contributed by atoms with Gasteiger partial charge in [-0.25, -0.2) is 0 Å². The Hall–Kier alpha value is -5.76. The Morgan fingerprint density at radius 1 is 0.392 bits per heavy atom. The summed E-state index contributed by atoms with van der Waals surface area (Å²) in [7, 11) is 0. The zero-order valence-corrected chi connectivity index (χ0v) is 28.2. The van der Waals surface area contributed by atoms with Crippen LogP contribution in [0.1, 0.15) is 35.2 Å². The molecule has 7 aromatic carbocycles. The molecule has 3 N–H and O–H groups in total. The molecular weight excluding hydrogens is 647 g/mol. The summed E-state index contributed by atoms with van der Waals surface area (Å²) in [5.41, 5.74) is 9.45. The third-order valence-electron chi connectivity index (χ3n) is 10.4. The molecule has 0 bridgehead atoms. The van der Waals surface area contributed by atoms with Crippen molar-refractivity contribution in [3.8, 4) is 11.1 Å². The molecule has 3 unspecified atom stereocenters. The van der Waals surface area contributed by atoms with Crippen molar-refractivity contribution in [2.24, 2.45) is 0 Å². The quantitative estimate of drug-likeness (QED) is 0.173. The van der Waals surface area contributed by atoms with Gasteiger partial charge in [0.15, 0.2) is 0 Å². The molecule has 4 heterocycles. The van der Waals surface area contributed by atoms with Crippen LogP contribution in [-0.2, 0) is 0 Å². The number of nitrogens with one attached hydrogen (secondary N) is 3. The van der Waals surface area contributed by atoms with Gasteiger partial charge in [-0.3, -0.25) is 16.0 Å². The largest absolute Gasteiger partial charge is 0.456 e. The molecule has 0 radical (unpaired) electrons. The summed E-state index contributed by atoms with van der Waals surface area (Å²) in [6, 6.07) is 53.8. The minimum absolute atomic E-state index is 0.0598. The number of rotatable bonds is 4. The summed E-state index contributed by atoms with van der Waals surface area (Å²) in [4.78, 5) is 0. The summed E-state index contributed by atoms with van der Waals surface area (Å²) in [6.07, 6.45) is -0.264. The molecule has 6 heteroatoms. The maximum absolute atomic E-state index is 6.39. The van der Waals surface area contributed by atoms with Gasteiger partial charge in [-0.1, -0.05) is 121 Å². The number of benzene rings is 7. The monoisotopic (exact) mass is 677 g/mol. The Morgan fingerprint density at radius 2 is 0.961 bits per heavy atom. The molecule has 10 aromatic rings. The van der Waals surface area contributed by atoms with E-state index in [1.54, 1.807) is 0 Å². The van der Waals surface area contributed by atoms with E-state index in [4.69, 9.17) is 8.83 Å². The lowest BCUT2D eigenvalue weighted by atomic mass is 10.0. The summed E-state index contributed by atoms with van der Waals surface area (Å²) in [5.74, 6) is 0. The fourth-order valence-electron chi connectivity index (χ4n) is 7.90. The summed E-state index contributed by atoms with van der Waals surface area (Å²) in [5, 5.41) is 18.6. The first-order chi connectivity index (χ1) is 25.2. The number of para-hydroxylation sites is 3. The SMILES string of the molecule is c1ccc(C2NC(c3ccc4c(c3)oc3ccccc34)NC(c3ccc4c(c3)sc3cc(-c5cccc6c5oc5ccccc56)ccc34)N2)cc1. The number of thiophene rings is 1. The highest BCUT2D eigenvalue weighted by atomic mass is 32.1. The van der Waals surface area contributed by atoms with E-state index < -0.39 is 0 Å². The molecule has 1 saturated heterocycles. The van der Waals surface area contributed by atoms with Crippen molar-refractivity contribution < 1.29 is 8.83 Å². The molecular formula is C45H31N3O2S. The Balaban J connectivity index is 0.970. The highest BCUT2D eigenvalue weighted by Crippen LogP contribution is 2.41. The van der Waals surface area contributed by atoms with Gasteiger partial charge >= 0.3 is 0 Å². The Bertz CT molecular complexity index is 2940. The Labute approximate surface area is 297 Å². The van der Waals surface area contributed by atoms with E-state index in [0.29, 0.717) is 0 Å². The van der Waals surface area contributed by atoms with E-state index in [2.05, 4.69) is 143 Å². The molecule has 0 amide bonds. The zero-order valence-electron chi connectivity index (χ0n) is 27.4. The lowest BCUT2D eigenvalue weighted by Gasteiger charge is -2.39. The summed E-state index contributed by atoms with van der Waals surface area (Å²) in [6.45, 7) is 0. The predicted octanol–water partition coefficient (Wildman–Crippen LogP) is 11.7. The van der Waals surface area contributed by atoms with Crippen LogP contribution in [-0.4, -0.2) is 0 Å². The average Bonchev–Trinajstić information content (AvgIpc) is 3.88. The van der Waals surface area contributed by atoms with Crippen LogP contribution in [0.25, 0.3) is 75.2 Å². The number of furan rings is 2. The van der Waals surface area contributed by atoms with Crippen molar-refractivity contribution >= 4 is 75.4 Å². The molecule has 5 nitrogen and oxygen atoms in total. The minimum Gasteiger partial charge on any atom is -0.456 e. The molecule has 244 valence electrons. The third kappa shape index (κ3) is 4.73.